The molecule has 132 valence electrons. The Labute approximate surface area is 147 Å². The molecule has 0 fully saturated rings. The molecule has 0 atom stereocenters. The smallest absolute Gasteiger partial charge is 0.233 e. The molecule has 2 aromatic heterocycles. The number of hydrogen-bond acceptors (Lipinski definition) is 5. The van der Waals surface area contributed by atoms with Crippen molar-refractivity contribution in [3.63, 3.8) is 0 Å². The third kappa shape index (κ3) is 3.80. The van der Waals surface area contributed by atoms with E-state index in [4.69, 9.17) is 10.5 Å². The Hall–Kier alpha value is -2.45. The van der Waals surface area contributed by atoms with Crippen molar-refractivity contribution in [2.24, 2.45) is 0 Å². The molecule has 3 N–H and O–H groups in total. The maximum absolute atomic E-state index is 12.8. The van der Waals surface area contributed by atoms with Gasteiger partial charge in [0.1, 0.15) is 12.5 Å². The first-order valence-electron chi connectivity index (χ1n) is 8.23. The monoisotopic (exact) mass is 357 g/mol. The van der Waals surface area contributed by atoms with Gasteiger partial charge in [-0.2, -0.15) is 5.10 Å². The summed E-state index contributed by atoms with van der Waals surface area (Å²) in [5.41, 5.74) is 7.72. The first kappa shape index (κ1) is 17.4. The zero-order valence-electron chi connectivity index (χ0n) is 14.7. The van der Waals surface area contributed by atoms with E-state index in [0.717, 1.165) is 17.1 Å². The Balaban J connectivity index is 1.90. The van der Waals surface area contributed by atoms with Crippen LogP contribution in [0.15, 0.2) is 30.5 Å². The van der Waals surface area contributed by atoms with Crippen LogP contribution < -0.4 is 5.73 Å². The summed E-state index contributed by atoms with van der Waals surface area (Å²) in [6.07, 6.45) is 1.42. The molecule has 3 rings (SSSR count). The number of carbonyl (C=O) groups is 1. The minimum Gasteiger partial charge on any atom is -0.383 e. The highest BCUT2D eigenvalue weighted by atomic mass is 28.3. The number of nitrogens with zero attached hydrogens (tertiary/aromatic N) is 3. The number of aromatic amines is 1. The lowest BCUT2D eigenvalue weighted by Crippen LogP contribution is -2.22. The summed E-state index contributed by atoms with van der Waals surface area (Å²) in [4.78, 5) is 17.3. The topological polar surface area (TPSA) is 98.8 Å². The molecule has 0 aliphatic rings. The number of ketones is 1. The Morgan fingerprint density at radius 1 is 1.32 bits per heavy atom. The molecule has 7 nitrogen and oxygen atoms in total. The Morgan fingerprint density at radius 2 is 2.08 bits per heavy atom. The predicted molar refractivity (Wildman–Crippen MR) is 100 cm³/mol. The number of anilines is 1. The number of carbonyl (C=O) groups excluding carboxylic acids is 1. The summed E-state index contributed by atoms with van der Waals surface area (Å²) in [6.45, 7) is 7.87. The first-order chi connectivity index (χ1) is 11.9. The van der Waals surface area contributed by atoms with E-state index < -0.39 is 8.07 Å². The van der Waals surface area contributed by atoms with Crippen LogP contribution >= 0.6 is 0 Å². The van der Waals surface area contributed by atoms with Gasteiger partial charge in [-0.1, -0.05) is 31.8 Å². The quantitative estimate of drug-likeness (QED) is 0.385. The molecular weight excluding hydrogens is 334 g/mol. The van der Waals surface area contributed by atoms with E-state index in [0.29, 0.717) is 18.0 Å². The van der Waals surface area contributed by atoms with Crippen LogP contribution in [0.1, 0.15) is 16.2 Å². The van der Waals surface area contributed by atoms with Crippen molar-refractivity contribution < 1.29 is 9.53 Å². The van der Waals surface area contributed by atoms with Gasteiger partial charge in [0.15, 0.2) is 5.82 Å². The van der Waals surface area contributed by atoms with Gasteiger partial charge in [-0.15, -0.1) is 0 Å². The van der Waals surface area contributed by atoms with Gasteiger partial charge < -0.3 is 10.5 Å². The number of imidazole rings is 1. The summed E-state index contributed by atoms with van der Waals surface area (Å²) in [5.74, 6) is 0.279. The van der Waals surface area contributed by atoms with Gasteiger partial charge in [-0.3, -0.25) is 14.5 Å². The number of ether oxygens (including phenoxy) is 1. The van der Waals surface area contributed by atoms with E-state index in [1.807, 2.05) is 24.3 Å². The molecule has 0 unspecified atom stereocenters. The number of H-pyrrole nitrogens is 1. The molecule has 0 radical (unpaired) electrons. The molecule has 3 aromatic rings. The number of hydrogen-bond donors (Lipinski definition) is 2. The molecule has 0 aliphatic heterocycles. The number of para-hydroxylation sites is 2. The molecule has 0 saturated carbocycles. The van der Waals surface area contributed by atoms with E-state index in [-0.39, 0.29) is 18.3 Å². The number of aromatic nitrogens is 4. The van der Waals surface area contributed by atoms with Gasteiger partial charge in [0.05, 0.1) is 22.8 Å². The number of rotatable bonds is 7. The second-order valence-electron chi connectivity index (χ2n) is 7.23. The van der Waals surface area contributed by atoms with Crippen molar-refractivity contribution in [2.45, 2.75) is 32.4 Å². The van der Waals surface area contributed by atoms with E-state index in [1.165, 1.54) is 6.20 Å². The average Bonchev–Trinajstić information content (AvgIpc) is 3.14. The van der Waals surface area contributed by atoms with Gasteiger partial charge in [0, 0.05) is 14.7 Å². The van der Waals surface area contributed by atoms with Crippen LogP contribution in [0, 0.1) is 0 Å². The Bertz CT molecular complexity index is 894. The Kier molecular flexibility index (Phi) is 4.73. The number of nitrogens with two attached hydrogens (primary N) is 1. The molecule has 8 heteroatoms. The van der Waals surface area contributed by atoms with Gasteiger partial charge in [0.2, 0.25) is 5.78 Å². The lowest BCUT2D eigenvalue weighted by Gasteiger charge is -2.16. The van der Waals surface area contributed by atoms with Crippen molar-refractivity contribution >= 4 is 30.7 Å². The number of nitrogens with one attached hydrogen (secondary N) is 1. The van der Waals surface area contributed by atoms with Crippen LogP contribution in [-0.4, -0.2) is 40.2 Å². The lowest BCUT2D eigenvalue weighted by atomic mass is 10.2. The normalized spacial score (nSPS) is 12.0. The third-order valence-corrected chi connectivity index (χ3v) is 5.69. The zero-order chi connectivity index (χ0) is 18.0. The average molecular weight is 357 g/mol. The molecule has 0 aliphatic carbocycles. The maximum Gasteiger partial charge on any atom is 0.233 e. The Morgan fingerprint density at radius 3 is 2.76 bits per heavy atom. The van der Waals surface area contributed by atoms with Crippen LogP contribution in [0.5, 0.6) is 0 Å². The van der Waals surface area contributed by atoms with Crippen LogP contribution in [-0.2, 0) is 11.5 Å². The molecule has 0 spiro atoms. The van der Waals surface area contributed by atoms with Gasteiger partial charge in [-0.25, -0.2) is 4.98 Å². The highest BCUT2D eigenvalue weighted by Gasteiger charge is 2.22. The van der Waals surface area contributed by atoms with Crippen molar-refractivity contribution in [2.75, 3.05) is 12.3 Å². The molecule has 0 bridgehead atoms. The van der Waals surface area contributed by atoms with E-state index in [2.05, 4.69) is 34.8 Å². The van der Waals surface area contributed by atoms with Crippen LogP contribution in [0.25, 0.3) is 11.0 Å². The number of fused-ring (bicyclic) bond motifs is 1. The summed E-state index contributed by atoms with van der Waals surface area (Å²) < 4.78 is 7.65. The van der Waals surface area contributed by atoms with E-state index in [1.54, 1.807) is 4.57 Å². The minimum atomic E-state index is -1.17. The summed E-state index contributed by atoms with van der Waals surface area (Å²) >= 11 is 0. The fourth-order valence-corrected chi connectivity index (χ4v) is 3.27. The molecule has 1 aromatic carbocycles. The van der Waals surface area contributed by atoms with Gasteiger partial charge >= 0.3 is 0 Å². The fourth-order valence-electron chi connectivity index (χ4n) is 2.51. The fraction of sp³-hybridized carbons (Fsp3) is 0.353. The standard InChI is InChI=1S/C17H23N5O2Si/c1-25(2,3)9-8-24-11-22-14-7-5-4-6-13(14)20-17(22)15(23)12-10-19-21-16(12)18/h4-7,10H,8-9,11H2,1-3H3,(H3,18,19,21). The van der Waals surface area contributed by atoms with E-state index >= 15 is 0 Å². The highest BCUT2D eigenvalue weighted by molar-refractivity contribution is 6.76. The van der Waals surface area contributed by atoms with Crippen LogP contribution in [0.4, 0.5) is 5.82 Å². The third-order valence-electron chi connectivity index (χ3n) is 3.99. The minimum absolute atomic E-state index is 0.239. The van der Waals surface area contributed by atoms with Crippen molar-refractivity contribution in [1.29, 1.82) is 0 Å². The summed E-state index contributed by atoms with van der Waals surface area (Å²) in [6, 6.07) is 8.69. The number of nitrogen functional groups attached to an aromatic ring is 1. The molecular formula is C17H23N5O2Si. The molecule has 0 amide bonds. The second kappa shape index (κ2) is 6.81. The highest BCUT2D eigenvalue weighted by Crippen LogP contribution is 2.20. The molecule has 25 heavy (non-hydrogen) atoms. The van der Waals surface area contributed by atoms with Crippen LogP contribution in [0.3, 0.4) is 0 Å². The zero-order valence-corrected chi connectivity index (χ0v) is 15.7. The van der Waals surface area contributed by atoms with Crippen molar-refractivity contribution in [3.05, 3.63) is 41.9 Å². The first-order valence-corrected chi connectivity index (χ1v) is 11.9. The number of benzene rings is 1. The maximum atomic E-state index is 12.8. The van der Waals surface area contributed by atoms with E-state index in [9.17, 15) is 4.79 Å². The SMILES string of the molecule is C[Si](C)(C)CCOCn1c(C(=O)c2cn[nH]c2N)nc2ccccc21. The van der Waals surface area contributed by atoms with Crippen molar-refractivity contribution in [1.82, 2.24) is 19.7 Å². The van der Waals surface area contributed by atoms with Crippen LogP contribution in [0.2, 0.25) is 25.7 Å². The molecule has 0 saturated heterocycles. The summed E-state index contributed by atoms with van der Waals surface area (Å²) in [5, 5.41) is 6.40. The van der Waals surface area contributed by atoms with Crippen molar-refractivity contribution in [3.8, 4) is 0 Å². The van der Waals surface area contributed by atoms with Gasteiger partial charge in [-0.05, 0) is 18.2 Å². The van der Waals surface area contributed by atoms with Gasteiger partial charge in [0.25, 0.3) is 0 Å². The lowest BCUT2D eigenvalue weighted by molar-refractivity contribution is 0.0835. The summed E-state index contributed by atoms with van der Waals surface area (Å²) in [7, 11) is -1.17. The predicted octanol–water partition coefficient (Wildman–Crippen LogP) is 2.88. The second-order valence-corrected chi connectivity index (χ2v) is 12.8. The molecule has 2 heterocycles. The largest absolute Gasteiger partial charge is 0.383 e.